The van der Waals surface area contributed by atoms with Crippen LogP contribution in [0.4, 0.5) is 16.2 Å². The number of nitrogens with zero attached hydrogens (tertiary/aromatic N) is 6. The van der Waals surface area contributed by atoms with Gasteiger partial charge >= 0.3 is 6.09 Å². The van der Waals surface area contributed by atoms with E-state index >= 15 is 0 Å². The molecule has 0 aliphatic carbocycles. The summed E-state index contributed by atoms with van der Waals surface area (Å²) >= 11 is 0. The lowest BCUT2D eigenvalue weighted by Crippen LogP contribution is -2.54. The molecule has 0 radical (unpaired) electrons. The van der Waals surface area contributed by atoms with E-state index in [9.17, 15) is 15.2 Å². The number of amides is 1. The highest BCUT2D eigenvalue weighted by molar-refractivity contribution is 5.97. The molecule has 1 N–H and O–H groups in total. The number of benzene rings is 2. The first-order valence-electron chi connectivity index (χ1n) is 14.6. The third-order valence-electron chi connectivity index (χ3n) is 9.11. The SMILES string of the molecule is Cc1cccc2cccc(N3CCc4c(nc(OCC5CCCN5C)c(C#N)c4N4CCN(C(=O)O)C(C)C4)C3)c12. The molecule has 2 fully saturated rings. The fourth-order valence-corrected chi connectivity index (χ4v) is 6.87. The number of hydrogen-bond donors (Lipinski definition) is 1. The van der Waals surface area contributed by atoms with E-state index in [4.69, 9.17) is 9.72 Å². The molecule has 0 bridgehead atoms. The molecular formula is C32H38N6O3. The summed E-state index contributed by atoms with van der Waals surface area (Å²) in [6.07, 6.45) is 2.05. The fraction of sp³-hybridized carbons (Fsp3) is 0.469. The largest absolute Gasteiger partial charge is 0.475 e. The lowest BCUT2D eigenvalue weighted by Gasteiger charge is -2.42. The van der Waals surface area contributed by atoms with Gasteiger partial charge in [0.15, 0.2) is 0 Å². The normalized spacial score (nSPS) is 21.2. The van der Waals surface area contributed by atoms with E-state index < -0.39 is 6.09 Å². The van der Waals surface area contributed by atoms with Crippen molar-refractivity contribution in [3.63, 3.8) is 0 Å². The standard InChI is InChI=1S/C32H38N6O3/c1-21-7-4-8-23-9-5-11-28(29(21)23)36-14-12-25-27(19-36)34-31(41-20-24-10-6-13-35(24)3)26(17-33)30(25)37-15-16-38(32(39)40)22(2)18-37/h4-5,7-9,11,22,24H,6,10,12-16,18-20H2,1-3H3,(H,39,40). The predicted octanol–water partition coefficient (Wildman–Crippen LogP) is 4.64. The Labute approximate surface area is 241 Å². The van der Waals surface area contributed by atoms with E-state index in [1.807, 2.05) is 6.92 Å². The Bertz CT molecular complexity index is 1510. The molecule has 1 aromatic heterocycles. The summed E-state index contributed by atoms with van der Waals surface area (Å²) in [6.45, 7) is 8.49. The van der Waals surface area contributed by atoms with Crippen molar-refractivity contribution in [2.45, 2.75) is 51.7 Å². The molecule has 3 aliphatic heterocycles. The number of rotatable bonds is 5. The molecule has 0 saturated carbocycles. The summed E-state index contributed by atoms with van der Waals surface area (Å²) in [4.78, 5) is 25.2. The summed E-state index contributed by atoms with van der Waals surface area (Å²) < 4.78 is 6.37. The number of carboxylic acid groups (broad SMARTS) is 1. The molecule has 2 saturated heterocycles. The van der Waals surface area contributed by atoms with Gasteiger partial charge in [-0.1, -0.05) is 30.3 Å². The van der Waals surface area contributed by atoms with Gasteiger partial charge in [0.1, 0.15) is 18.2 Å². The van der Waals surface area contributed by atoms with E-state index in [0.717, 1.165) is 49.3 Å². The van der Waals surface area contributed by atoms with Gasteiger partial charge in [0.2, 0.25) is 5.88 Å². The van der Waals surface area contributed by atoms with Crippen LogP contribution in [-0.2, 0) is 13.0 Å². The Morgan fingerprint density at radius 2 is 1.95 bits per heavy atom. The maximum atomic E-state index is 11.8. The van der Waals surface area contributed by atoms with E-state index in [1.54, 1.807) is 0 Å². The van der Waals surface area contributed by atoms with Gasteiger partial charge in [-0.25, -0.2) is 9.78 Å². The third-order valence-corrected chi connectivity index (χ3v) is 9.11. The summed E-state index contributed by atoms with van der Waals surface area (Å²) in [5.41, 5.74) is 5.79. The van der Waals surface area contributed by atoms with Crippen LogP contribution in [0.5, 0.6) is 5.88 Å². The number of anilines is 2. The van der Waals surface area contributed by atoms with Gasteiger partial charge in [0.25, 0.3) is 0 Å². The van der Waals surface area contributed by atoms with E-state index in [-0.39, 0.29) is 6.04 Å². The van der Waals surface area contributed by atoms with E-state index in [0.29, 0.717) is 50.3 Å². The van der Waals surface area contributed by atoms with E-state index in [2.05, 4.69) is 71.1 Å². The molecule has 41 heavy (non-hydrogen) atoms. The van der Waals surface area contributed by atoms with Crippen molar-refractivity contribution in [2.75, 3.05) is 56.2 Å². The molecule has 6 rings (SSSR count). The summed E-state index contributed by atoms with van der Waals surface area (Å²) in [5.74, 6) is 0.394. The van der Waals surface area contributed by atoms with Crippen LogP contribution in [0.3, 0.4) is 0 Å². The molecule has 9 heteroatoms. The van der Waals surface area contributed by atoms with Crippen LogP contribution < -0.4 is 14.5 Å². The number of carbonyl (C=O) groups is 1. The first kappa shape index (κ1) is 27.2. The maximum absolute atomic E-state index is 11.8. The van der Waals surface area contributed by atoms with Crippen molar-refractivity contribution in [2.24, 2.45) is 0 Å². The Kier molecular flexibility index (Phi) is 7.35. The number of likely N-dealkylation sites (N-methyl/N-ethyl adjacent to an activating group) is 1. The van der Waals surface area contributed by atoms with Crippen LogP contribution in [0, 0.1) is 18.3 Å². The summed E-state index contributed by atoms with van der Waals surface area (Å²) in [5, 5.41) is 22.6. The fourth-order valence-electron chi connectivity index (χ4n) is 6.87. The number of likely N-dealkylation sites (tertiary alicyclic amines) is 1. The van der Waals surface area contributed by atoms with Crippen molar-refractivity contribution < 1.29 is 14.6 Å². The second kappa shape index (κ2) is 11.1. The number of aryl methyl sites for hydroxylation is 1. The lowest BCUT2D eigenvalue weighted by molar-refractivity contribution is 0.122. The highest BCUT2D eigenvalue weighted by atomic mass is 16.5. The minimum atomic E-state index is -0.903. The zero-order chi connectivity index (χ0) is 28.7. The number of aromatic nitrogens is 1. The van der Waals surface area contributed by atoms with Crippen LogP contribution >= 0.6 is 0 Å². The number of piperazine rings is 1. The average Bonchev–Trinajstić information content (AvgIpc) is 3.38. The van der Waals surface area contributed by atoms with Crippen molar-refractivity contribution >= 4 is 28.2 Å². The van der Waals surface area contributed by atoms with Crippen molar-refractivity contribution in [1.82, 2.24) is 14.8 Å². The lowest BCUT2D eigenvalue weighted by atomic mass is 9.96. The molecule has 3 aromatic rings. The van der Waals surface area contributed by atoms with Crippen LogP contribution in [0.1, 0.15) is 42.1 Å². The zero-order valence-electron chi connectivity index (χ0n) is 24.1. The number of pyridine rings is 1. The van der Waals surface area contributed by atoms with Gasteiger partial charge in [-0.3, -0.25) is 0 Å². The molecule has 4 heterocycles. The van der Waals surface area contributed by atoms with Crippen LogP contribution in [0.2, 0.25) is 0 Å². The van der Waals surface area contributed by atoms with Gasteiger partial charge in [0, 0.05) is 54.9 Å². The maximum Gasteiger partial charge on any atom is 0.407 e. The number of hydrogen-bond acceptors (Lipinski definition) is 7. The van der Waals surface area contributed by atoms with Gasteiger partial charge in [0.05, 0.1) is 17.9 Å². The monoisotopic (exact) mass is 554 g/mol. The Balaban J connectivity index is 1.40. The first-order valence-corrected chi connectivity index (χ1v) is 14.6. The molecule has 0 spiro atoms. The molecule has 2 atom stereocenters. The molecule has 3 aliphatic rings. The van der Waals surface area contributed by atoms with Gasteiger partial charge < -0.3 is 29.4 Å². The summed E-state index contributed by atoms with van der Waals surface area (Å²) in [7, 11) is 2.12. The molecule has 9 nitrogen and oxygen atoms in total. The van der Waals surface area contributed by atoms with Gasteiger partial charge in [-0.15, -0.1) is 0 Å². The van der Waals surface area contributed by atoms with Crippen molar-refractivity contribution in [1.29, 1.82) is 5.26 Å². The molecular weight excluding hydrogens is 516 g/mol. The third kappa shape index (κ3) is 5.02. The number of fused-ring (bicyclic) bond motifs is 2. The van der Waals surface area contributed by atoms with Gasteiger partial charge in [-0.05, 0) is 63.7 Å². The van der Waals surface area contributed by atoms with Crippen molar-refractivity contribution in [3.8, 4) is 11.9 Å². The molecule has 1 amide bonds. The number of ether oxygens (including phenoxy) is 1. The molecule has 2 unspecified atom stereocenters. The van der Waals surface area contributed by atoms with E-state index in [1.165, 1.54) is 26.9 Å². The number of nitriles is 1. The second-order valence-corrected chi connectivity index (χ2v) is 11.7. The second-order valence-electron chi connectivity index (χ2n) is 11.7. The molecule has 214 valence electrons. The topological polar surface area (TPSA) is 96.2 Å². The smallest absolute Gasteiger partial charge is 0.407 e. The first-order chi connectivity index (χ1) is 19.9. The Morgan fingerprint density at radius 3 is 2.66 bits per heavy atom. The highest BCUT2D eigenvalue weighted by Gasteiger charge is 2.34. The summed E-state index contributed by atoms with van der Waals surface area (Å²) in [6, 6.07) is 15.4. The van der Waals surface area contributed by atoms with Crippen LogP contribution in [0.15, 0.2) is 36.4 Å². The van der Waals surface area contributed by atoms with Crippen molar-refractivity contribution in [3.05, 3.63) is 58.8 Å². The quantitative estimate of drug-likeness (QED) is 0.488. The minimum Gasteiger partial charge on any atom is -0.475 e. The van der Waals surface area contributed by atoms with Crippen LogP contribution in [-0.4, -0.2) is 84.4 Å². The van der Waals surface area contributed by atoms with Gasteiger partial charge in [-0.2, -0.15) is 5.26 Å². The van der Waals surface area contributed by atoms with Crippen LogP contribution in [0.25, 0.3) is 10.8 Å². The Morgan fingerprint density at radius 1 is 1.15 bits per heavy atom. The molecule has 2 aromatic carbocycles. The zero-order valence-corrected chi connectivity index (χ0v) is 24.1. The Hall–Kier alpha value is -4.03. The highest BCUT2D eigenvalue weighted by Crippen LogP contribution is 2.40. The average molecular weight is 555 g/mol. The minimum absolute atomic E-state index is 0.188. The predicted molar refractivity (Wildman–Crippen MR) is 160 cm³/mol.